The number of nitrogens with zero attached hydrogens (tertiary/aromatic N) is 2. The molecular formula is C22H24F5N3O3. The molecule has 1 unspecified atom stereocenters. The summed E-state index contributed by atoms with van der Waals surface area (Å²) in [7, 11) is 2.84. The molecule has 11 heteroatoms. The summed E-state index contributed by atoms with van der Waals surface area (Å²) >= 11 is 0. The third kappa shape index (κ3) is 3.85. The predicted molar refractivity (Wildman–Crippen MR) is 107 cm³/mol. The number of aromatic nitrogens is 2. The van der Waals surface area contributed by atoms with Crippen LogP contribution in [0.1, 0.15) is 43.2 Å². The van der Waals surface area contributed by atoms with Crippen LogP contribution >= 0.6 is 0 Å². The summed E-state index contributed by atoms with van der Waals surface area (Å²) < 4.78 is 82.0. The molecule has 33 heavy (non-hydrogen) atoms. The highest BCUT2D eigenvalue weighted by atomic mass is 19.4. The van der Waals surface area contributed by atoms with Gasteiger partial charge >= 0.3 is 6.18 Å². The van der Waals surface area contributed by atoms with Crippen molar-refractivity contribution >= 4 is 5.91 Å². The third-order valence-corrected chi connectivity index (χ3v) is 6.84. The molecule has 2 aromatic rings. The topological polar surface area (TPSA) is 65.4 Å². The molecule has 0 spiro atoms. The quantitative estimate of drug-likeness (QED) is 0.671. The van der Waals surface area contributed by atoms with E-state index in [9.17, 15) is 26.7 Å². The molecule has 0 radical (unpaired) electrons. The van der Waals surface area contributed by atoms with Crippen LogP contribution in [0.25, 0.3) is 0 Å². The van der Waals surface area contributed by atoms with Crippen molar-refractivity contribution in [1.29, 1.82) is 0 Å². The Morgan fingerprint density at radius 2 is 2.03 bits per heavy atom. The monoisotopic (exact) mass is 473 g/mol. The van der Waals surface area contributed by atoms with Crippen molar-refractivity contribution in [3.05, 3.63) is 47.3 Å². The molecule has 1 aromatic heterocycles. The lowest BCUT2D eigenvalue weighted by atomic mass is 9.77. The van der Waals surface area contributed by atoms with Crippen LogP contribution in [0.3, 0.4) is 0 Å². The van der Waals surface area contributed by atoms with E-state index in [4.69, 9.17) is 9.47 Å². The van der Waals surface area contributed by atoms with Gasteiger partial charge in [-0.05, 0) is 25.0 Å². The molecule has 180 valence electrons. The molecule has 2 aliphatic rings. The number of carbonyl (C=O) groups is 1. The van der Waals surface area contributed by atoms with Crippen molar-refractivity contribution in [3.63, 3.8) is 0 Å². The Balaban J connectivity index is 1.66. The van der Waals surface area contributed by atoms with E-state index >= 15 is 0 Å². The van der Waals surface area contributed by atoms with Gasteiger partial charge in [-0.1, -0.05) is 13.0 Å². The smallest absolute Gasteiger partial charge is 0.417 e. The summed E-state index contributed by atoms with van der Waals surface area (Å²) in [5.74, 6) is -6.36. The number of alkyl halides is 3. The molecule has 1 aliphatic heterocycles. The summed E-state index contributed by atoms with van der Waals surface area (Å²) in [4.78, 5) is 13.1. The van der Waals surface area contributed by atoms with Crippen LogP contribution in [0.4, 0.5) is 22.0 Å². The van der Waals surface area contributed by atoms with Gasteiger partial charge in [0.25, 0.3) is 0 Å². The first-order valence-electron chi connectivity index (χ1n) is 10.4. The van der Waals surface area contributed by atoms with Crippen LogP contribution in [0.5, 0.6) is 5.75 Å². The van der Waals surface area contributed by atoms with Crippen molar-refractivity contribution < 1.29 is 36.2 Å². The van der Waals surface area contributed by atoms with Crippen molar-refractivity contribution in [3.8, 4) is 5.75 Å². The second-order valence-electron chi connectivity index (χ2n) is 8.85. The van der Waals surface area contributed by atoms with Gasteiger partial charge in [0.15, 0.2) is 17.2 Å². The van der Waals surface area contributed by atoms with Gasteiger partial charge in [0.2, 0.25) is 11.7 Å². The Labute approximate surface area is 187 Å². The Morgan fingerprint density at radius 3 is 2.61 bits per heavy atom. The Morgan fingerprint density at radius 1 is 1.33 bits per heavy atom. The Bertz CT molecular complexity index is 1070. The summed E-state index contributed by atoms with van der Waals surface area (Å²) in [6.45, 7) is 2.14. The normalized spacial score (nSPS) is 31.5. The summed E-state index contributed by atoms with van der Waals surface area (Å²) in [6.07, 6.45) is -2.31. The minimum absolute atomic E-state index is 0.00766. The van der Waals surface area contributed by atoms with Crippen LogP contribution in [0.2, 0.25) is 0 Å². The summed E-state index contributed by atoms with van der Waals surface area (Å²) in [6, 6.07) is 1.66. The van der Waals surface area contributed by atoms with Gasteiger partial charge in [-0.15, -0.1) is 0 Å². The van der Waals surface area contributed by atoms with Gasteiger partial charge in [-0.3, -0.25) is 9.48 Å². The van der Waals surface area contributed by atoms with Crippen molar-refractivity contribution in [2.75, 3.05) is 7.11 Å². The number of amides is 1. The molecule has 1 N–H and O–H groups in total. The summed E-state index contributed by atoms with van der Waals surface area (Å²) in [5, 5.41) is 6.83. The first-order valence-corrected chi connectivity index (χ1v) is 10.4. The zero-order valence-electron chi connectivity index (χ0n) is 18.4. The minimum atomic E-state index is -4.80. The number of methoxy groups -OCH3 is 1. The number of hydrogen-bond acceptors (Lipinski definition) is 4. The van der Waals surface area contributed by atoms with Gasteiger partial charge < -0.3 is 14.8 Å². The number of hydrogen-bond donors (Lipinski definition) is 1. The second-order valence-corrected chi connectivity index (χ2v) is 8.85. The molecular weight excluding hydrogens is 449 g/mol. The van der Waals surface area contributed by atoms with Gasteiger partial charge in [-0.2, -0.15) is 22.7 Å². The lowest BCUT2D eigenvalue weighted by Crippen LogP contribution is -2.47. The minimum Gasteiger partial charge on any atom is -0.493 e. The molecule has 2 heterocycles. The SMILES string of the molecule is COc1c([C@H]2[C@H](C(=O)NC3C[C@@H]3c3cnn(C)c3)O[C@@](C)(C(F)(F)F)[C@H]2C)ccc(F)c1F. The van der Waals surface area contributed by atoms with Gasteiger partial charge in [0.1, 0.15) is 6.10 Å². The van der Waals surface area contributed by atoms with E-state index in [1.54, 1.807) is 24.1 Å². The fourth-order valence-corrected chi connectivity index (χ4v) is 4.66. The van der Waals surface area contributed by atoms with Gasteiger partial charge in [-0.25, -0.2) is 4.39 Å². The number of rotatable bonds is 5. The first-order chi connectivity index (χ1) is 15.4. The molecule has 2 fully saturated rings. The average molecular weight is 473 g/mol. The fourth-order valence-electron chi connectivity index (χ4n) is 4.66. The maximum absolute atomic E-state index is 14.4. The van der Waals surface area contributed by atoms with E-state index in [1.807, 2.05) is 0 Å². The molecule has 1 amide bonds. The largest absolute Gasteiger partial charge is 0.493 e. The van der Waals surface area contributed by atoms with Gasteiger partial charge in [0.05, 0.1) is 13.3 Å². The van der Waals surface area contributed by atoms with Crippen molar-refractivity contribution in [2.45, 2.75) is 56.0 Å². The molecule has 1 saturated heterocycles. The highest BCUT2D eigenvalue weighted by molar-refractivity contribution is 5.83. The molecule has 6 nitrogen and oxygen atoms in total. The lowest BCUT2D eigenvalue weighted by molar-refractivity contribution is -0.272. The van der Waals surface area contributed by atoms with E-state index in [0.29, 0.717) is 6.42 Å². The highest BCUT2D eigenvalue weighted by Crippen LogP contribution is 2.55. The number of benzene rings is 1. The highest BCUT2D eigenvalue weighted by Gasteiger charge is 2.66. The number of aryl methyl sites for hydroxylation is 1. The average Bonchev–Trinajstić information content (AvgIpc) is 3.26. The van der Waals surface area contributed by atoms with Crippen LogP contribution in [0.15, 0.2) is 24.5 Å². The number of ether oxygens (including phenoxy) is 2. The number of halogens is 5. The Hall–Kier alpha value is -2.69. The van der Waals surface area contributed by atoms with Crippen LogP contribution in [-0.4, -0.2) is 46.7 Å². The Kier molecular flexibility index (Phi) is 5.66. The number of nitrogens with one attached hydrogen (secondary N) is 1. The zero-order chi connectivity index (χ0) is 24.3. The van der Waals surface area contributed by atoms with Crippen LogP contribution < -0.4 is 10.1 Å². The molecule has 6 atom stereocenters. The maximum atomic E-state index is 14.4. The fraction of sp³-hybridized carbons (Fsp3) is 0.545. The first kappa shape index (κ1) is 23.5. The molecule has 0 bridgehead atoms. The van der Waals surface area contributed by atoms with Crippen molar-refractivity contribution in [2.24, 2.45) is 13.0 Å². The second kappa shape index (κ2) is 7.96. The predicted octanol–water partition coefficient (Wildman–Crippen LogP) is 3.82. The third-order valence-electron chi connectivity index (χ3n) is 6.84. The van der Waals surface area contributed by atoms with E-state index in [-0.39, 0.29) is 17.5 Å². The summed E-state index contributed by atoms with van der Waals surface area (Å²) in [5.41, 5.74) is -1.83. The maximum Gasteiger partial charge on any atom is 0.417 e. The molecule has 1 aliphatic carbocycles. The van der Waals surface area contributed by atoms with E-state index < -0.39 is 53.0 Å². The molecule has 4 rings (SSSR count). The van der Waals surface area contributed by atoms with Crippen LogP contribution in [-0.2, 0) is 16.6 Å². The van der Waals surface area contributed by atoms with Gasteiger partial charge in [0, 0.05) is 42.6 Å². The number of carbonyl (C=O) groups excluding carboxylic acids is 1. The van der Waals surface area contributed by atoms with E-state index in [1.165, 1.54) is 6.92 Å². The molecule has 1 aromatic carbocycles. The van der Waals surface area contributed by atoms with E-state index in [0.717, 1.165) is 31.7 Å². The standard InChI is InChI=1S/C22H24F5N3O3/c1-10-16(12-5-6-14(23)17(24)18(12)32-4)19(33-21(10,2)22(25,26)27)20(31)29-15-7-13(15)11-8-28-30(3)9-11/h5-6,8-10,13,15-16,19H,7H2,1-4H3,(H,29,31)/t10-,13+,15?,16-,19+,21+/m0/s1. The molecule has 1 saturated carbocycles. The van der Waals surface area contributed by atoms with Crippen LogP contribution in [0, 0.1) is 17.6 Å². The van der Waals surface area contributed by atoms with Crippen molar-refractivity contribution in [1.82, 2.24) is 15.1 Å². The van der Waals surface area contributed by atoms with E-state index in [2.05, 4.69) is 10.4 Å². The zero-order valence-corrected chi connectivity index (χ0v) is 18.4. The lowest BCUT2D eigenvalue weighted by Gasteiger charge is -2.32.